The van der Waals surface area contributed by atoms with Gasteiger partial charge in [-0.15, -0.1) is 0 Å². The smallest absolute Gasteiger partial charge is 0.220 e. The Balaban J connectivity index is 1.73. The number of amides is 1. The van der Waals surface area contributed by atoms with Crippen molar-refractivity contribution < 1.29 is 13.9 Å². The quantitative estimate of drug-likeness (QED) is 0.444. The number of thioether (sulfide) groups is 1. The first-order chi connectivity index (χ1) is 12.0. The average molecular weight is 363 g/mol. The molecular weight excluding hydrogens is 341 g/mol. The maximum atomic E-state index is 12.8. The zero-order valence-corrected chi connectivity index (χ0v) is 15.5. The minimum Gasteiger partial charge on any atom is -0.492 e. The second-order valence-corrected chi connectivity index (χ2v) is 6.29. The van der Waals surface area contributed by atoms with E-state index in [-0.39, 0.29) is 11.7 Å². The lowest BCUT2D eigenvalue weighted by Crippen LogP contribution is -2.28. The van der Waals surface area contributed by atoms with Crippen LogP contribution in [-0.2, 0) is 11.2 Å². The molecule has 1 N–H and O–H groups in total. The lowest BCUT2D eigenvalue weighted by atomic mass is 10.1. The second kappa shape index (κ2) is 9.36. The standard InChI is InChI=1S/C18H22FN3O2S/c1-12-16(13(2)22-18(21-12)25-3)8-9-17(23)20-10-11-24-15-6-4-14(19)5-7-15/h4-7H,8-11H2,1-3H3,(H,20,23). The number of nitrogens with zero attached hydrogens (tertiary/aromatic N) is 2. The van der Waals surface area contributed by atoms with Crippen molar-refractivity contribution in [2.45, 2.75) is 31.8 Å². The molecule has 1 aromatic carbocycles. The van der Waals surface area contributed by atoms with Gasteiger partial charge in [-0.1, -0.05) is 11.8 Å². The zero-order chi connectivity index (χ0) is 18.2. The normalized spacial score (nSPS) is 10.6. The third-order valence-corrected chi connectivity index (χ3v) is 4.24. The van der Waals surface area contributed by atoms with Crippen molar-refractivity contribution in [2.24, 2.45) is 0 Å². The van der Waals surface area contributed by atoms with Gasteiger partial charge in [0, 0.05) is 17.8 Å². The Morgan fingerprint density at radius 1 is 1.20 bits per heavy atom. The second-order valence-electron chi connectivity index (χ2n) is 5.51. The van der Waals surface area contributed by atoms with Crippen LogP contribution in [-0.4, -0.2) is 35.3 Å². The van der Waals surface area contributed by atoms with E-state index in [9.17, 15) is 9.18 Å². The van der Waals surface area contributed by atoms with Gasteiger partial charge in [-0.3, -0.25) is 4.79 Å². The summed E-state index contributed by atoms with van der Waals surface area (Å²) in [7, 11) is 0. The summed E-state index contributed by atoms with van der Waals surface area (Å²) in [5, 5.41) is 3.56. The fraction of sp³-hybridized carbons (Fsp3) is 0.389. The van der Waals surface area contributed by atoms with Crippen molar-refractivity contribution in [2.75, 3.05) is 19.4 Å². The van der Waals surface area contributed by atoms with E-state index in [1.54, 1.807) is 12.1 Å². The van der Waals surface area contributed by atoms with Crippen molar-refractivity contribution >= 4 is 17.7 Å². The van der Waals surface area contributed by atoms with Crippen LogP contribution in [0, 0.1) is 19.7 Å². The van der Waals surface area contributed by atoms with E-state index in [0.717, 1.165) is 22.1 Å². The number of rotatable bonds is 8. The predicted octanol–water partition coefficient (Wildman–Crippen LogP) is 3.08. The first-order valence-electron chi connectivity index (χ1n) is 8.02. The Morgan fingerprint density at radius 2 is 1.84 bits per heavy atom. The van der Waals surface area contributed by atoms with E-state index in [1.165, 1.54) is 23.9 Å². The molecule has 0 aliphatic carbocycles. The van der Waals surface area contributed by atoms with Crippen LogP contribution in [0.2, 0.25) is 0 Å². The van der Waals surface area contributed by atoms with Gasteiger partial charge in [0.2, 0.25) is 5.91 Å². The summed E-state index contributed by atoms with van der Waals surface area (Å²) in [4.78, 5) is 20.8. The van der Waals surface area contributed by atoms with Crippen LogP contribution in [0.3, 0.4) is 0 Å². The molecule has 0 bridgehead atoms. The molecule has 0 radical (unpaired) electrons. The molecule has 134 valence electrons. The number of aromatic nitrogens is 2. The fourth-order valence-corrected chi connectivity index (χ4v) is 2.84. The Morgan fingerprint density at radius 3 is 2.44 bits per heavy atom. The lowest BCUT2D eigenvalue weighted by Gasteiger charge is -2.10. The van der Waals surface area contributed by atoms with Gasteiger partial charge in [-0.25, -0.2) is 14.4 Å². The number of aryl methyl sites for hydroxylation is 2. The van der Waals surface area contributed by atoms with Gasteiger partial charge in [0.15, 0.2) is 5.16 Å². The van der Waals surface area contributed by atoms with Gasteiger partial charge >= 0.3 is 0 Å². The molecule has 0 aliphatic rings. The summed E-state index contributed by atoms with van der Waals surface area (Å²) in [6, 6.07) is 5.79. The minimum absolute atomic E-state index is 0.0459. The summed E-state index contributed by atoms with van der Waals surface area (Å²) in [5.74, 6) is 0.226. The maximum Gasteiger partial charge on any atom is 0.220 e. The molecule has 0 saturated carbocycles. The number of carbonyl (C=O) groups excluding carboxylic acids is 1. The lowest BCUT2D eigenvalue weighted by molar-refractivity contribution is -0.121. The zero-order valence-electron chi connectivity index (χ0n) is 14.6. The van der Waals surface area contributed by atoms with Gasteiger partial charge in [0.05, 0.1) is 6.54 Å². The summed E-state index contributed by atoms with van der Waals surface area (Å²) in [5.41, 5.74) is 2.86. The van der Waals surface area contributed by atoms with Crippen LogP contribution < -0.4 is 10.1 Å². The third-order valence-electron chi connectivity index (χ3n) is 3.69. The summed E-state index contributed by atoms with van der Waals surface area (Å²) in [6.07, 6.45) is 2.92. The predicted molar refractivity (Wildman–Crippen MR) is 96.5 cm³/mol. The first kappa shape index (κ1) is 19.2. The Bertz CT molecular complexity index is 700. The van der Waals surface area contributed by atoms with Crippen molar-refractivity contribution in [1.82, 2.24) is 15.3 Å². The fourth-order valence-electron chi connectivity index (χ4n) is 2.38. The average Bonchev–Trinajstić information content (AvgIpc) is 2.59. The maximum absolute atomic E-state index is 12.8. The summed E-state index contributed by atoms with van der Waals surface area (Å²) >= 11 is 1.51. The van der Waals surface area contributed by atoms with E-state index < -0.39 is 0 Å². The molecule has 0 saturated heterocycles. The number of hydrogen-bond donors (Lipinski definition) is 1. The van der Waals surface area contributed by atoms with Crippen LogP contribution in [0.5, 0.6) is 5.75 Å². The third kappa shape index (κ3) is 6.01. The van der Waals surface area contributed by atoms with Crippen molar-refractivity contribution in [3.63, 3.8) is 0 Å². The topological polar surface area (TPSA) is 64.1 Å². The van der Waals surface area contributed by atoms with Crippen LogP contribution in [0.1, 0.15) is 23.4 Å². The van der Waals surface area contributed by atoms with Gasteiger partial charge in [-0.05, 0) is 56.4 Å². The van der Waals surface area contributed by atoms with Crippen LogP contribution in [0.25, 0.3) is 0 Å². The van der Waals surface area contributed by atoms with Crippen molar-refractivity contribution in [3.05, 3.63) is 47.0 Å². The van der Waals surface area contributed by atoms with Gasteiger partial charge < -0.3 is 10.1 Å². The molecule has 5 nitrogen and oxygen atoms in total. The highest BCUT2D eigenvalue weighted by atomic mass is 32.2. The molecule has 2 aromatic rings. The highest BCUT2D eigenvalue weighted by Gasteiger charge is 2.10. The molecule has 25 heavy (non-hydrogen) atoms. The van der Waals surface area contributed by atoms with E-state index in [2.05, 4.69) is 15.3 Å². The molecule has 1 aromatic heterocycles. The Hall–Kier alpha value is -2.15. The SMILES string of the molecule is CSc1nc(C)c(CCC(=O)NCCOc2ccc(F)cc2)c(C)n1. The first-order valence-corrected chi connectivity index (χ1v) is 9.25. The van der Waals surface area contributed by atoms with E-state index in [0.29, 0.717) is 31.7 Å². The van der Waals surface area contributed by atoms with E-state index in [1.807, 2.05) is 20.1 Å². The summed E-state index contributed by atoms with van der Waals surface area (Å²) in [6.45, 7) is 4.62. The number of benzene rings is 1. The molecule has 1 heterocycles. The molecule has 0 atom stereocenters. The van der Waals surface area contributed by atoms with Crippen LogP contribution >= 0.6 is 11.8 Å². The summed E-state index contributed by atoms with van der Waals surface area (Å²) < 4.78 is 18.2. The molecule has 0 unspecified atom stereocenters. The van der Waals surface area contributed by atoms with E-state index in [4.69, 9.17) is 4.74 Å². The highest BCUT2D eigenvalue weighted by Crippen LogP contribution is 2.17. The van der Waals surface area contributed by atoms with Gasteiger partial charge in [0.25, 0.3) is 0 Å². The van der Waals surface area contributed by atoms with Crippen molar-refractivity contribution in [3.8, 4) is 5.75 Å². The monoisotopic (exact) mass is 363 g/mol. The number of ether oxygens (including phenoxy) is 1. The number of nitrogens with one attached hydrogen (secondary N) is 1. The highest BCUT2D eigenvalue weighted by molar-refractivity contribution is 7.98. The Kier molecular flexibility index (Phi) is 7.18. The van der Waals surface area contributed by atoms with Crippen LogP contribution in [0.15, 0.2) is 29.4 Å². The molecular formula is C18H22FN3O2S. The number of halogens is 1. The van der Waals surface area contributed by atoms with E-state index >= 15 is 0 Å². The largest absolute Gasteiger partial charge is 0.492 e. The molecule has 0 spiro atoms. The van der Waals surface area contributed by atoms with Gasteiger partial charge in [-0.2, -0.15) is 0 Å². The molecule has 1 amide bonds. The molecule has 0 fully saturated rings. The van der Waals surface area contributed by atoms with Crippen molar-refractivity contribution in [1.29, 1.82) is 0 Å². The Labute approximate surface area is 151 Å². The minimum atomic E-state index is -0.305. The number of carbonyl (C=O) groups is 1. The molecule has 0 aliphatic heterocycles. The molecule has 7 heteroatoms. The van der Waals surface area contributed by atoms with Crippen LogP contribution in [0.4, 0.5) is 4.39 Å². The number of hydrogen-bond acceptors (Lipinski definition) is 5. The van der Waals surface area contributed by atoms with Gasteiger partial charge in [0.1, 0.15) is 18.2 Å². The molecule has 2 rings (SSSR count).